The lowest BCUT2D eigenvalue weighted by atomic mass is 10.0. The van der Waals surface area contributed by atoms with Crippen LogP contribution in [0.5, 0.6) is 11.5 Å². The van der Waals surface area contributed by atoms with Crippen molar-refractivity contribution in [2.24, 2.45) is 0 Å². The van der Waals surface area contributed by atoms with Crippen LogP contribution in [0.15, 0.2) is 17.0 Å². The molecule has 0 heterocycles. The van der Waals surface area contributed by atoms with Gasteiger partial charge >= 0.3 is 0 Å². The number of methoxy groups -OCH3 is 2. The van der Waals surface area contributed by atoms with E-state index in [9.17, 15) is 0 Å². The molecule has 0 atom stereocenters. The molecule has 0 aromatic heterocycles. The molecule has 0 radical (unpaired) electrons. The van der Waals surface area contributed by atoms with Crippen LogP contribution in [-0.2, 0) is 6.54 Å². The molecule has 4 heteroatoms. The molecule has 0 bridgehead atoms. The van der Waals surface area contributed by atoms with Gasteiger partial charge in [0.05, 0.1) is 14.2 Å². The van der Waals surface area contributed by atoms with E-state index >= 15 is 0 Å². The molecule has 3 nitrogen and oxygen atoms in total. The van der Waals surface area contributed by atoms with Gasteiger partial charge in [-0.1, -0.05) is 12.8 Å². The molecule has 1 aliphatic carbocycles. The van der Waals surface area contributed by atoms with Crippen molar-refractivity contribution in [2.75, 3.05) is 20.5 Å². The maximum Gasteiger partial charge on any atom is 0.161 e. The van der Waals surface area contributed by atoms with Crippen LogP contribution in [0, 0.1) is 0 Å². The van der Waals surface area contributed by atoms with E-state index in [1.165, 1.54) is 36.1 Å². The summed E-state index contributed by atoms with van der Waals surface area (Å²) in [7, 11) is 3.37. The fraction of sp³-hybridized carbons (Fsp3) is 0.625. The molecule has 1 N–H and O–H groups in total. The third kappa shape index (κ3) is 3.41. The average molecular weight is 295 g/mol. The third-order valence-electron chi connectivity index (χ3n) is 4.20. The zero-order valence-electron chi connectivity index (χ0n) is 12.9. The van der Waals surface area contributed by atoms with E-state index < -0.39 is 0 Å². The van der Waals surface area contributed by atoms with E-state index in [0.717, 1.165) is 18.0 Å². The average Bonchev–Trinajstić information content (AvgIpc) is 2.91. The molecule has 112 valence electrons. The molecule has 0 unspecified atom stereocenters. The Bertz CT molecular complexity index is 456. The number of benzene rings is 1. The van der Waals surface area contributed by atoms with Crippen molar-refractivity contribution in [1.82, 2.24) is 5.32 Å². The van der Waals surface area contributed by atoms with Gasteiger partial charge in [0.25, 0.3) is 0 Å². The summed E-state index contributed by atoms with van der Waals surface area (Å²) in [5.41, 5.74) is 1.58. The summed E-state index contributed by atoms with van der Waals surface area (Å²) in [6.07, 6.45) is 7.32. The zero-order valence-corrected chi connectivity index (χ0v) is 13.7. The minimum absolute atomic E-state index is 0.294. The predicted octanol–water partition coefficient (Wildman–Crippen LogP) is 3.85. The summed E-state index contributed by atoms with van der Waals surface area (Å²) < 4.78 is 10.8. The second-order valence-corrected chi connectivity index (χ2v) is 6.49. The van der Waals surface area contributed by atoms with Gasteiger partial charge in [-0.2, -0.15) is 0 Å². The Morgan fingerprint density at radius 2 is 1.75 bits per heavy atom. The van der Waals surface area contributed by atoms with Crippen molar-refractivity contribution in [1.29, 1.82) is 0 Å². The first-order chi connectivity index (χ1) is 9.61. The molecule has 2 rings (SSSR count). The fourth-order valence-corrected chi connectivity index (χ4v) is 3.49. The number of thioether (sulfide) groups is 1. The molecule has 1 aromatic rings. The number of ether oxygens (including phenoxy) is 2. The molecule has 20 heavy (non-hydrogen) atoms. The molecule has 1 aromatic carbocycles. The maximum absolute atomic E-state index is 5.41. The fourth-order valence-electron chi connectivity index (χ4n) is 2.87. The first-order valence-electron chi connectivity index (χ1n) is 7.16. The van der Waals surface area contributed by atoms with Crippen LogP contribution in [-0.4, -0.2) is 26.0 Å². The molecule has 0 amide bonds. The number of hydrogen-bond donors (Lipinski definition) is 1. The highest BCUT2D eigenvalue weighted by molar-refractivity contribution is 7.98. The quantitative estimate of drug-likeness (QED) is 0.808. The second-order valence-electron chi connectivity index (χ2n) is 5.64. The van der Waals surface area contributed by atoms with Gasteiger partial charge in [0.1, 0.15) is 0 Å². The monoisotopic (exact) mass is 295 g/mol. The Morgan fingerprint density at radius 1 is 1.15 bits per heavy atom. The van der Waals surface area contributed by atoms with Crippen LogP contribution >= 0.6 is 11.8 Å². The van der Waals surface area contributed by atoms with Crippen molar-refractivity contribution in [3.63, 3.8) is 0 Å². The predicted molar refractivity (Wildman–Crippen MR) is 85.0 cm³/mol. The summed E-state index contributed by atoms with van der Waals surface area (Å²) in [5, 5.41) is 3.73. The van der Waals surface area contributed by atoms with Crippen molar-refractivity contribution in [2.45, 2.75) is 49.6 Å². The second kappa shape index (κ2) is 6.72. The normalized spacial score (nSPS) is 17.2. The Balaban J connectivity index is 2.17. The molecular weight excluding hydrogens is 270 g/mol. The summed E-state index contributed by atoms with van der Waals surface area (Å²) in [4.78, 5) is 1.25. The van der Waals surface area contributed by atoms with Crippen LogP contribution in [0.25, 0.3) is 0 Å². The van der Waals surface area contributed by atoms with Gasteiger partial charge in [0.15, 0.2) is 11.5 Å². The molecular formula is C16H25NO2S. The summed E-state index contributed by atoms with van der Waals surface area (Å²) in [5.74, 6) is 1.60. The highest BCUT2D eigenvalue weighted by Crippen LogP contribution is 2.35. The molecule has 1 saturated carbocycles. The standard InChI is InChI=1S/C16H25NO2S/c1-16(7-5-6-8-16)17-11-12-9-13(18-2)14(19-3)10-15(12)20-4/h9-10,17H,5-8,11H2,1-4H3. The Kier molecular flexibility index (Phi) is 5.22. The van der Waals surface area contributed by atoms with Crippen molar-refractivity contribution < 1.29 is 9.47 Å². The van der Waals surface area contributed by atoms with Gasteiger partial charge in [-0.05, 0) is 43.7 Å². The van der Waals surface area contributed by atoms with Gasteiger partial charge in [-0.3, -0.25) is 0 Å². The van der Waals surface area contributed by atoms with Crippen LogP contribution in [0.2, 0.25) is 0 Å². The van der Waals surface area contributed by atoms with Gasteiger partial charge in [-0.25, -0.2) is 0 Å². The van der Waals surface area contributed by atoms with Gasteiger partial charge in [-0.15, -0.1) is 11.8 Å². The Morgan fingerprint density at radius 3 is 2.30 bits per heavy atom. The van der Waals surface area contributed by atoms with E-state index in [-0.39, 0.29) is 0 Å². The van der Waals surface area contributed by atoms with Gasteiger partial charge in [0, 0.05) is 17.0 Å². The highest BCUT2D eigenvalue weighted by Gasteiger charge is 2.28. The van der Waals surface area contributed by atoms with Crippen molar-refractivity contribution >= 4 is 11.8 Å². The number of hydrogen-bond acceptors (Lipinski definition) is 4. The number of rotatable bonds is 6. The molecule has 0 aliphatic heterocycles. The summed E-state index contributed by atoms with van der Waals surface area (Å²) in [6.45, 7) is 3.21. The zero-order chi connectivity index (χ0) is 14.6. The van der Waals surface area contributed by atoms with Crippen LogP contribution < -0.4 is 14.8 Å². The lowest BCUT2D eigenvalue weighted by Gasteiger charge is -2.26. The van der Waals surface area contributed by atoms with E-state index in [2.05, 4.69) is 30.6 Å². The van der Waals surface area contributed by atoms with Gasteiger partial charge < -0.3 is 14.8 Å². The minimum Gasteiger partial charge on any atom is -0.493 e. The van der Waals surface area contributed by atoms with E-state index in [0.29, 0.717) is 5.54 Å². The summed E-state index contributed by atoms with van der Waals surface area (Å²) in [6, 6.07) is 4.16. The van der Waals surface area contributed by atoms with E-state index in [1.807, 2.05) is 0 Å². The van der Waals surface area contributed by atoms with Crippen LogP contribution in [0.3, 0.4) is 0 Å². The number of nitrogens with one attached hydrogen (secondary N) is 1. The first kappa shape index (κ1) is 15.5. The van der Waals surface area contributed by atoms with Crippen molar-refractivity contribution in [3.8, 4) is 11.5 Å². The molecule has 1 fully saturated rings. The molecule has 0 spiro atoms. The Hall–Kier alpha value is -0.870. The lowest BCUT2D eigenvalue weighted by molar-refractivity contribution is 0.348. The smallest absolute Gasteiger partial charge is 0.161 e. The third-order valence-corrected chi connectivity index (χ3v) is 5.02. The van der Waals surface area contributed by atoms with Gasteiger partial charge in [0.2, 0.25) is 0 Å². The first-order valence-corrected chi connectivity index (χ1v) is 8.38. The molecule has 0 saturated heterocycles. The maximum atomic E-state index is 5.41. The van der Waals surface area contributed by atoms with Crippen molar-refractivity contribution in [3.05, 3.63) is 17.7 Å². The van der Waals surface area contributed by atoms with E-state index in [4.69, 9.17) is 9.47 Å². The molecule has 1 aliphatic rings. The minimum atomic E-state index is 0.294. The van der Waals surface area contributed by atoms with E-state index in [1.54, 1.807) is 26.0 Å². The topological polar surface area (TPSA) is 30.5 Å². The highest BCUT2D eigenvalue weighted by atomic mass is 32.2. The summed E-state index contributed by atoms with van der Waals surface area (Å²) >= 11 is 1.75. The largest absolute Gasteiger partial charge is 0.493 e. The lowest BCUT2D eigenvalue weighted by Crippen LogP contribution is -2.38. The van der Waals surface area contributed by atoms with Crippen LogP contribution in [0.4, 0.5) is 0 Å². The Labute approximate surface area is 126 Å². The van der Waals surface area contributed by atoms with Crippen LogP contribution in [0.1, 0.15) is 38.2 Å². The SMILES string of the molecule is COc1cc(CNC2(C)CCCC2)c(SC)cc1OC.